The summed E-state index contributed by atoms with van der Waals surface area (Å²) in [6, 6.07) is 16.0. The quantitative estimate of drug-likeness (QED) is 0.688. The molecule has 0 aliphatic carbocycles. The molecule has 2 nitrogen and oxygen atoms in total. The fourth-order valence-electron chi connectivity index (χ4n) is 2.24. The first-order chi connectivity index (χ1) is 9.54. The minimum atomic E-state index is -4.28. The third-order valence-electron chi connectivity index (χ3n) is 3.00. The summed E-state index contributed by atoms with van der Waals surface area (Å²) in [6.45, 7) is 0. The zero-order valence-electron chi connectivity index (χ0n) is 10.4. The molecule has 0 amide bonds. The summed E-state index contributed by atoms with van der Waals surface area (Å²) >= 11 is 0. The van der Waals surface area contributed by atoms with Crippen molar-refractivity contribution in [1.82, 2.24) is 9.55 Å². The Morgan fingerprint density at radius 1 is 0.900 bits per heavy atom. The van der Waals surface area contributed by atoms with Gasteiger partial charge in [-0.05, 0) is 24.3 Å². The lowest BCUT2D eigenvalue weighted by atomic mass is 10.2. The Bertz CT molecular complexity index is 730. The van der Waals surface area contributed by atoms with E-state index in [9.17, 15) is 13.2 Å². The Morgan fingerprint density at radius 2 is 1.55 bits per heavy atom. The molecule has 3 rings (SSSR count). The number of para-hydroxylation sites is 3. The minimum absolute atomic E-state index is 0.00454. The molecule has 0 N–H and O–H groups in total. The normalized spacial score (nSPS) is 11.9. The van der Waals surface area contributed by atoms with Crippen LogP contribution in [0.15, 0.2) is 54.6 Å². The fraction of sp³-hybridized carbons (Fsp3) is 0.133. The number of rotatable bonds is 2. The molecule has 0 radical (unpaired) electrons. The first-order valence-electron chi connectivity index (χ1n) is 6.13. The minimum Gasteiger partial charge on any atom is -0.296 e. The van der Waals surface area contributed by atoms with Crippen LogP contribution in [0.1, 0.15) is 5.82 Å². The van der Waals surface area contributed by atoms with Crippen molar-refractivity contribution in [2.24, 2.45) is 0 Å². The van der Waals surface area contributed by atoms with Gasteiger partial charge in [-0.2, -0.15) is 13.2 Å². The van der Waals surface area contributed by atoms with Crippen LogP contribution in [0.3, 0.4) is 0 Å². The molecule has 0 aliphatic rings. The van der Waals surface area contributed by atoms with Crippen LogP contribution in [0.25, 0.3) is 16.7 Å². The van der Waals surface area contributed by atoms with Gasteiger partial charge in [0.2, 0.25) is 0 Å². The summed E-state index contributed by atoms with van der Waals surface area (Å²) in [6.07, 6.45) is -5.33. The predicted molar refractivity (Wildman–Crippen MR) is 70.8 cm³/mol. The molecule has 5 heteroatoms. The predicted octanol–water partition coefficient (Wildman–Crippen LogP) is 4.13. The first-order valence-corrected chi connectivity index (χ1v) is 6.13. The van der Waals surface area contributed by atoms with Gasteiger partial charge in [0.15, 0.2) is 0 Å². The summed E-state index contributed by atoms with van der Waals surface area (Å²) in [5, 5.41) is 0. The first kappa shape index (κ1) is 12.7. The number of benzene rings is 2. The third kappa shape index (κ3) is 2.39. The third-order valence-corrected chi connectivity index (χ3v) is 3.00. The van der Waals surface area contributed by atoms with Crippen molar-refractivity contribution in [2.75, 3.05) is 0 Å². The molecular weight excluding hydrogens is 265 g/mol. The van der Waals surface area contributed by atoms with Gasteiger partial charge < -0.3 is 0 Å². The van der Waals surface area contributed by atoms with Gasteiger partial charge >= 0.3 is 6.18 Å². The Morgan fingerprint density at radius 3 is 2.25 bits per heavy atom. The van der Waals surface area contributed by atoms with Crippen molar-refractivity contribution in [3.8, 4) is 5.69 Å². The maximum atomic E-state index is 12.7. The van der Waals surface area contributed by atoms with Gasteiger partial charge in [-0.1, -0.05) is 30.3 Å². The summed E-state index contributed by atoms with van der Waals surface area (Å²) in [5.74, 6) is 0.00454. The SMILES string of the molecule is FC(F)(F)Cc1nc2ccccc2n1-c1ccccc1. The van der Waals surface area contributed by atoms with E-state index in [1.807, 2.05) is 6.07 Å². The molecule has 3 aromatic rings. The lowest BCUT2D eigenvalue weighted by molar-refractivity contribution is -0.128. The van der Waals surface area contributed by atoms with Gasteiger partial charge in [0, 0.05) is 5.69 Å². The van der Waals surface area contributed by atoms with E-state index in [0.717, 1.165) is 0 Å². The van der Waals surface area contributed by atoms with Crippen molar-refractivity contribution in [3.63, 3.8) is 0 Å². The second-order valence-electron chi connectivity index (χ2n) is 4.48. The molecule has 0 fully saturated rings. The van der Waals surface area contributed by atoms with E-state index in [0.29, 0.717) is 16.7 Å². The van der Waals surface area contributed by atoms with Gasteiger partial charge in [-0.25, -0.2) is 4.98 Å². The van der Waals surface area contributed by atoms with E-state index in [1.54, 1.807) is 53.1 Å². The number of nitrogens with zero attached hydrogens (tertiary/aromatic N) is 2. The number of alkyl halides is 3. The lowest BCUT2D eigenvalue weighted by Gasteiger charge is -2.10. The highest BCUT2D eigenvalue weighted by Gasteiger charge is 2.31. The largest absolute Gasteiger partial charge is 0.396 e. The molecule has 102 valence electrons. The van der Waals surface area contributed by atoms with E-state index in [2.05, 4.69) is 4.98 Å². The van der Waals surface area contributed by atoms with Crippen LogP contribution in [0, 0.1) is 0 Å². The molecule has 2 aromatic carbocycles. The second-order valence-corrected chi connectivity index (χ2v) is 4.48. The van der Waals surface area contributed by atoms with E-state index >= 15 is 0 Å². The van der Waals surface area contributed by atoms with Gasteiger partial charge in [-0.15, -0.1) is 0 Å². The number of aromatic nitrogens is 2. The average Bonchev–Trinajstić information content (AvgIpc) is 2.75. The fourth-order valence-corrected chi connectivity index (χ4v) is 2.24. The van der Waals surface area contributed by atoms with Gasteiger partial charge in [0.25, 0.3) is 0 Å². The van der Waals surface area contributed by atoms with Crippen molar-refractivity contribution in [1.29, 1.82) is 0 Å². The second kappa shape index (κ2) is 4.67. The van der Waals surface area contributed by atoms with Crippen LogP contribution in [0.4, 0.5) is 13.2 Å². The summed E-state index contributed by atoms with van der Waals surface area (Å²) in [7, 11) is 0. The molecule has 20 heavy (non-hydrogen) atoms. The number of hydrogen-bond acceptors (Lipinski definition) is 1. The molecule has 0 spiro atoms. The molecule has 0 aliphatic heterocycles. The summed E-state index contributed by atoms with van der Waals surface area (Å²) in [5.41, 5.74) is 1.93. The molecular formula is C15H11F3N2. The number of imidazole rings is 1. The van der Waals surface area contributed by atoms with Crippen LogP contribution in [0.5, 0.6) is 0 Å². The zero-order chi connectivity index (χ0) is 14.2. The highest BCUT2D eigenvalue weighted by molar-refractivity contribution is 5.78. The molecule has 0 saturated heterocycles. The standard InChI is InChI=1S/C15H11F3N2/c16-15(17,18)10-14-19-12-8-4-5-9-13(12)20(14)11-6-2-1-3-7-11/h1-9H,10H2. The van der Waals surface area contributed by atoms with Crippen molar-refractivity contribution < 1.29 is 13.2 Å². The Balaban J connectivity index is 2.24. The van der Waals surface area contributed by atoms with Gasteiger partial charge in [0.05, 0.1) is 11.0 Å². The molecule has 0 saturated carbocycles. The molecule has 0 atom stereocenters. The summed E-state index contributed by atoms with van der Waals surface area (Å²) in [4.78, 5) is 4.12. The average molecular weight is 276 g/mol. The van der Waals surface area contributed by atoms with E-state index in [-0.39, 0.29) is 5.82 Å². The van der Waals surface area contributed by atoms with Crippen LogP contribution < -0.4 is 0 Å². The highest BCUT2D eigenvalue weighted by atomic mass is 19.4. The molecule has 1 aromatic heterocycles. The monoisotopic (exact) mass is 276 g/mol. The van der Waals surface area contributed by atoms with Crippen LogP contribution in [-0.2, 0) is 6.42 Å². The lowest BCUT2D eigenvalue weighted by Crippen LogP contribution is -2.15. The van der Waals surface area contributed by atoms with Crippen molar-refractivity contribution in [2.45, 2.75) is 12.6 Å². The van der Waals surface area contributed by atoms with Crippen LogP contribution in [0.2, 0.25) is 0 Å². The Labute approximate surface area is 113 Å². The highest BCUT2D eigenvalue weighted by Crippen LogP contribution is 2.26. The Hall–Kier alpha value is -2.30. The van der Waals surface area contributed by atoms with Crippen molar-refractivity contribution in [3.05, 3.63) is 60.4 Å². The Kier molecular flexibility index (Phi) is 2.97. The number of halogens is 3. The van der Waals surface area contributed by atoms with E-state index in [1.165, 1.54) is 0 Å². The summed E-state index contributed by atoms with van der Waals surface area (Å²) < 4.78 is 39.7. The molecule has 0 unspecified atom stereocenters. The number of hydrogen-bond donors (Lipinski definition) is 0. The number of fused-ring (bicyclic) bond motifs is 1. The van der Waals surface area contributed by atoms with E-state index in [4.69, 9.17) is 0 Å². The molecule has 0 bridgehead atoms. The van der Waals surface area contributed by atoms with Crippen LogP contribution >= 0.6 is 0 Å². The smallest absolute Gasteiger partial charge is 0.296 e. The van der Waals surface area contributed by atoms with Crippen molar-refractivity contribution >= 4 is 11.0 Å². The zero-order valence-corrected chi connectivity index (χ0v) is 10.4. The van der Waals surface area contributed by atoms with Crippen LogP contribution in [-0.4, -0.2) is 15.7 Å². The van der Waals surface area contributed by atoms with E-state index < -0.39 is 12.6 Å². The van der Waals surface area contributed by atoms with Gasteiger partial charge in [0.1, 0.15) is 12.2 Å². The molecule has 1 heterocycles. The van der Waals surface area contributed by atoms with Gasteiger partial charge in [-0.3, -0.25) is 4.57 Å². The maximum absolute atomic E-state index is 12.7. The topological polar surface area (TPSA) is 17.8 Å². The maximum Gasteiger partial charge on any atom is 0.396 e.